The number of piperidine rings is 3. The summed E-state index contributed by atoms with van der Waals surface area (Å²) >= 11 is 0. The molecule has 29 heavy (non-hydrogen) atoms. The maximum atomic E-state index is 13.1. The Bertz CT molecular complexity index is 848. The lowest BCUT2D eigenvalue weighted by atomic mass is 9.71. The molecular formula is C24H32N4O. The Kier molecular flexibility index (Phi) is 5.17. The minimum absolute atomic E-state index is 0.248. The predicted molar refractivity (Wildman–Crippen MR) is 113 cm³/mol. The highest BCUT2D eigenvalue weighted by atomic mass is 16.2. The largest absolute Gasteiger partial charge is 0.348 e. The maximum Gasteiger partial charge on any atom is 0.228 e. The summed E-state index contributed by atoms with van der Waals surface area (Å²) in [4.78, 5) is 25.6. The van der Waals surface area contributed by atoms with Crippen molar-refractivity contribution in [2.75, 3.05) is 19.6 Å². The molecule has 5 rings (SSSR count). The van der Waals surface area contributed by atoms with Crippen molar-refractivity contribution in [1.29, 1.82) is 0 Å². The number of imidazole rings is 1. The second kappa shape index (κ2) is 7.94. The lowest BCUT2D eigenvalue weighted by Crippen LogP contribution is -2.64. The van der Waals surface area contributed by atoms with E-state index in [2.05, 4.69) is 50.1 Å². The molecule has 0 radical (unpaired) electrons. The average molecular weight is 393 g/mol. The summed E-state index contributed by atoms with van der Waals surface area (Å²) < 4.78 is 0. The molecule has 5 nitrogen and oxygen atoms in total. The summed E-state index contributed by atoms with van der Waals surface area (Å²) in [5.41, 5.74) is 3.33. The molecule has 1 aromatic carbocycles. The zero-order valence-corrected chi connectivity index (χ0v) is 17.4. The number of nitrogens with zero attached hydrogens (tertiary/aromatic N) is 3. The van der Waals surface area contributed by atoms with Gasteiger partial charge in [-0.05, 0) is 56.6 Å². The number of amides is 1. The Balaban J connectivity index is 1.36. The monoisotopic (exact) mass is 392 g/mol. The summed E-state index contributed by atoms with van der Waals surface area (Å²) in [6.45, 7) is 5.06. The SMILES string of the molecule is Cc1[nH]cnc1CC(=O)N1C[C@H]2C[C@@H](C1)[C@H](Cc1ccccc1)N1CCCC[C@@H]21. The molecule has 1 aromatic heterocycles. The fraction of sp³-hybridized carbons (Fsp3) is 0.583. The third kappa shape index (κ3) is 3.73. The fourth-order valence-electron chi connectivity index (χ4n) is 6.07. The van der Waals surface area contributed by atoms with E-state index in [-0.39, 0.29) is 5.91 Å². The van der Waals surface area contributed by atoms with Crippen LogP contribution in [0.3, 0.4) is 0 Å². The Morgan fingerprint density at radius 1 is 1.17 bits per heavy atom. The summed E-state index contributed by atoms with van der Waals surface area (Å²) in [5, 5.41) is 0. The van der Waals surface area contributed by atoms with E-state index in [9.17, 15) is 4.79 Å². The molecule has 3 aliphatic rings. The minimum atomic E-state index is 0.248. The first kappa shape index (κ1) is 18.9. The topological polar surface area (TPSA) is 52.2 Å². The van der Waals surface area contributed by atoms with Gasteiger partial charge in [0.2, 0.25) is 5.91 Å². The first-order valence-electron chi connectivity index (χ1n) is 11.3. The van der Waals surface area contributed by atoms with Crippen LogP contribution in [-0.2, 0) is 17.6 Å². The summed E-state index contributed by atoms with van der Waals surface area (Å²) in [6.07, 6.45) is 8.45. The zero-order chi connectivity index (χ0) is 19.8. The van der Waals surface area contributed by atoms with Gasteiger partial charge in [-0.25, -0.2) is 4.98 Å². The predicted octanol–water partition coefficient (Wildman–Crippen LogP) is 3.20. The molecule has 3 fully saturated rings. The van der Waals surface area contributed by atoms with E-state index in [1.807, 2.05) is 6.92 Å². The fourth-order valence-corrected chi connectivity index (χ4v) is 6.07. The van der Waals surface area contributed by atoms with Crippen LogP contribution in [0.2, 0.25) is 0 Å². The minimum Gasteiger partial charge on any atom is -0.348 e. The van der Waals surface area contributed by atoms with Gasteiger partial charge in [-0.3, -0.25) is 9.69 Å². The number of benzene rings is 1. The molecule has 2 bridgehead atoms. The molecule has 1 amide bonds. The normalized spacial score (nSPS) is 29.5. The first-order chi connectivity index (χ1) is 14.2. The maximum absolute atomic E-state index is 13.1. The van der Waals surface area contributed by atoms with Crippen LogP contribution in [0.4, 0.5) is 0 Å². The van der Waals surface area contributed by atoms with Gasteiger partial charge >= 0.3 is 0 Å². The number of carbonyl (C=O) groups excluding carboxylic acids is 1. The van der Waals surface area contributed by atoms with E-state index in [1.54, 1.807) is 6.33 Å². The van der Waals surface area contributed by atoms with Crippen LogP contribution in [0.1, 0.15) is 42.6 Å². The number of likely N-dealkylation sites (tertiary alicyclic amines) is 1. The van der Waals surface area contributed by atoms with E-state index in [0.29, 0.717) is 30.3 Å². The number of aryl methyl sites for hydroxylation is 1. The van der Waals surface area contributed by atoms with Crippen LogP contribution in [0.15, 0.2) is 36.7 Å². The summed E-state index contributed by atoms with van der Waals surface area (Å²) in [6, 6.07) is 12.1. The van der Waals surface area contributed by atoms with Crippen LogP contribution in [0.25, 0.3) is 0 Å². The number of rotatable bonds is 4. The van der Waals surface area contributed by atoms with Crippen LogP contribution < -0.4 is 0 Å². The third-order valence-electron chi connectivity index (χ3n) is 7.52. The number of hydrogen-bond donors (Lipinski definition) is 1. The molecule has 0 aliphatic carbocycles. The first-order valence-corrected chi connectivity index (χ1v) is 11.3. The molecule has 154 valence electrons. The number of carbonyl (C=O) groups is 1. The molecule has 3 saturated heterocycles. The van der Waals surface area contributed by atoms with Crippen molar-refractivity contribution < 1.29 is 4.79 Å². The molecule has 0 spiro atoms. The number of nitrogens with one attached hydrogen (secondary N) is 1. The molecule has 0 unspecified atom stereocenters. The number of H-pyrrole nitrogens is 1. The third-order valence-corrected chi connectivity index (χ3v) is 7.52. The zero-order valence-electron chi connectivity index (χ0n) is 17.4. The Hall–Kier alpha value is -2.14. The van der Waals surface area contributed by atoms with Crippen LogP contribution in [0.5, 0.6) is 0 Å². The Morgan fingerprint density at radius 3 is 2.79 bits per heavy atom. The molecular weight excluding hydrogens is 360 g/mol. The van der Waals surface area contributed by atoms with Crippen LogP contribution in [0, 0.1) is 18.8 Å². The van der Waals surface area contributed by atoms with Crippen molar-refractivity contribution >= 4 is 5.91 Å². The second-order valence-corrected chi connectivity index (χ2v) is 9.26. The van der Waals surface area contributed by atoms with E-state index < -0.39 is 0 Å². The van der Waals surface area contributed by atoms with E-state index in [4.69, 9.17) is 0 Å². The van der Waals surface area contributed by atoms with Crippen molar-refractivity contribution in [2.45, 2.75) is 57.5 Å². The van der Waals surface area contributed by atoms with Crippen molar-refractivity contribution in [2.24, 2.45) is 11.8 Å². The second-order valence-electron chi connectivity index (χ2n) is 9.26. The van der Waals surface area contributed by atoms with Crippen molar-refractivity contribution in [3.63, 3.8) is 0 Å². The highest BCUT2D eigenvalue weighted by Gasteiger charge is 2.47. The van der Waals surface area contributed by atoms with Crippen LogP contribution >= 0.6 is 0 Å². The molecule has 0 saturated carbocycles. The van der Waals surface area contributed by atoms with Crippen molar-refractivity contribution in [3.05, 3.63) is 53.6 Å². The highest BCUT2D eigenvalue weighted by molar-refractivity contribution is 5.78. The molecule has 5 heteroatoms. The van der Waals surface area contributed by atoms with Gasteiger partial charge in [-0.1, -0.05) is 36.8 Å². The van der Waals surface area contributed by atoms with Crippen molar-refractivity contribution in [3.8, 4) is 0 Å². The Labute approximate surface area is 173 Å². The van der Waals surface area contributed by atoms with Gasteiger partial charge in [0.1, 0.15) is 0 Å². The van der Waals surface area contributed by atoms with Gasteiger partial charge in [-0.15, -0.1) is 0 Å². The standard InChI is InChI=1S/C24H32N4O/c1-17-21(26-16-25-17)13-24(29)27-14-19-12-20(15-27)23(11-18-7-3-2-4-8-18)28-10-6-5-9-22(19)28/h2-4,7-8,16,19-20,22-23H,5-6,9-15H2,1H3,(H,25,26)/t19-,20+,22+,23+/m1/s1. The van der Waals surface area contributed by atoms with Gasteiger partial charge < -0.3 is 9.88 Å². The summed E-state index contributed by atoms with van der Waals surface area (Å²) in [7, 11) is 0. The van der Waals surface area contributed by atoms with E-state index in [0.717, 1.165) is 30.9 Å². The highest BCUT2D eigenvalue weighted by Crippen LogP contribution is 2.42. The quantitative estimate of drug-likeness (QED) is 0.869. The lowest BCUT2D eigenvalue weighted by molar-refractivity contribution is -0.140. The van der Waals surface area contributed by atoms with E-state index in [1.165, 1.54) is 37.8 Å². The van der Waals surface area contributed by atoms with Gasteiger partial charge in [0, 0.05) is 30.9 Å². The molecule has 1 N–H and O–H groups in total. The number of fused-ring (bicyclic) bond motifs is 4. The van der Waals surface area contributed by atoms with E-state index >= 15 is 0 Å². The number of aromatic amines is 1. The lowest BCUT2D eigenvalue weighted by Gasteiger charge is -2.57. The molecule has 3 aliphatic heterocycles. The van der Waals surface area contributed by atoms with Crippen LogP contribution in [-0.4, -0.2) is 57.4 Å². The molecule has 4 heterocycles. The number of aromatic nitrogens is 2. The van der Waals surface area contributed by atoms with Gasteiger partial charge in [0.15, 0.2) is 0 Å². The summed E-state index contributed by atoms with van der Waals surface area (Å²) in [5.74, 6) is 1.45. The smallest absolute Gasteiger partial charge is 0.228 e. The Morgan fingerprint density at radius 2 is 2.00 bits per heavy atom. The molecule has 4 atom stereocenters. The van der Waals surface area contributed by atoms with Crippen molar-refractivity contribution in [1.82, 2.24) is 19.8 Å². The van der Waals surface area contributed by atoms with Gasteiger partial charge in [0.25, 0.3) is 0 Å². The van der Waals surface area contributed by atoms with Gasteiger partial charge in [0.05, 0.1) is 18.4 Å². The molecule has 2 aromatic rings. The number of hydrogen-bond acceptors (Lipinski definition) is 3. The van der Waals surface area contributed by atoms with Gasteiger partial charge in [-0.2, -0.15) is 0 Å². The average Bonchev–Trinajstić information content (AvgIpc) is 3.16.